The summed E-state index contributed by atoms with van der Waals surface area (Å²) in [6.07, 6.45) is 12.0. The van der Waals surface area contributed by atoms with Gasteiger partial charge in [-0.3, -0.25) is 26.3 Å². The third kappa shape index (κ3) is 17.6. The van der Waals surface area contributed by atoms with Crippen LogP contribution in [-0.4, -0.2) is 70.0 Å². The van der Waals surface area contributed by atoms with Crippen LogP contribution in [0.3, 0.4) is 0 Å². The Morgan fingerprint density at radius 3 is 1.03 bits per heavy atom. The predicted octanol–water partition coefficient (Wildman–Crippen LogP) is 5.00. The Morgan fingerprint density at radius 1 is 0.364 bits per heavy atom. The number of aliphatic hydroxyl groups is 1. The minimum absolute atomic E-state index is 0.0380. The molecule has 0 aromatic carbocycles. The minimum atomic E-state index is -1.01. The topological polar surface area (TPSA) is 168 Å². The van der Waals surface area contributed by atoms with E-state index in [1.807, 2.05) is 0 Å². The van der Waals surface area contributed by atoms with Gasteiger partial charge >= 0.3 is 0 Å². The summed E-state index contributed by atoms with van der Waals surface area (Å²) in [6.45, 7) is 0.594. The maximum atomic E-state index is 10.6. The number of hydrogen-bond donors (Lipinski definition) is 6. The molecule has 0 aliphatic rings. The molecular formula is C22H46O11. The Morgan fingerprint density at radius 2 is 0.667 bits per heavy atom. The molecule has 11 heteroatoms. The lowest BCUT2D eigenvalue weighted by atomic mass is 9.74. The molecule has 33 heavy (non-hydrogen) atoms. The van der Waals surface area contributed by atoms with E-state index < -0.39 is 5.60 Å². The molecule has 0 radical (unpaired) electrons. The van der Waals surface area contributed by atoms with E-state index in [0.29, 0.717) is 25.7 Å². The van der Waals surface area contributed by atoms with Crippen LogP contribution < -0.4 is 0 Å². The van der Waals surface area contributed by atoms with Crippen molar-refractivity contribution in [1.29, 1.82) is 0 Å². The summed E-state index contributed by atoms with van der Waals surface area (Å²) in [7, 11) is 0. The van der Waals surface area contributed by atoms with Gasteiger partial charge in [-0.05, 0) is 37.5 Å². The van der Waals surface area contributed by atoms with Gasteiger partial charge in [0.2, 0.25) is 0 Å². The molecular weight excluding hydrogens is 440 g/mol. The molecule has 11 nitrogen and oxygen atoms in total. The Balaban J connectivity index is 4.09. The zero-order valence-electron chi connectivity index (χ0n) is 19.9. The summed E-state index contributed by atoms with van der Waals surface area (Å²) >= 11 is 0. The van der Waals surface area contributed by atoms with Crippen LogP contribution in [0, 0.1) is 5.41 Å². The largest absolute Gasteiger partial charge is 0.390 e. The summed E-state index contributed by atoms with van der Waals surface area (Å²) in [5.74, 6) is 0. The van der Waals surface area contributed by atoms with Crippen LogP contribution in [0.5, 0.6) is 0 Å². The zero-order valence-corrected chi connectivity index (χ0v) is 19.9. The smallest absolute Gasteiger partial charge is 0.0847 e. The van der Waals surface area contributed by atoms with E-state index in [4.69, 9.17) is 26.3 Å². The van der Waals surface area contributed by atoms with Crippen LogP contribution in [0.2, 0.25) is 0 Å². The van der Waals surface area contributed by atoms with Gasteiger partial charge < -0.3 is 5.11 Å². The molecule has 0 spiro atoms. The average Bonchev–Trinajstić information content (AvgIpc) is 2.83. The fraction of sp³-hybridized carbons (Fsp3) is 1.00. The SMILES string of the molecule is OOCCC(O)(CCCCCCCCCCC(CCOO)(CCOO)CCOO)CCOO. The highest BCUT2D eigenvalue weighted by Crippen LogP contribution is 2.37. The highest BCUT2D eigenvalue weighted by molar-refractivity contribution is 4.80. The van der Waals surface area contributed by atoms with Crippen LogP contribution in [0.25, 0.3) is 0 Å². The predicted molar refractivity (Wildman–Crippen MR) is 120 cm³/mol. The summed E-state index contributed by atoms with van der Waals surface area (Å²) in [6, 6.07) is 0. The molecule has 0 fully saturated rings. The Labute approximate surface area is 196 Å². The highest BCUT2D eigenvalue weighted by Gasteiger charge is 2.29. The van der Waals surface area contributed by atoms with Crippen molar-refractivity contribution >= 4 is 0 Å². The lowest BCUT2D eigenvalue weighted by Crippen LogP contribution is -2.31. The molecule has 0 saturated carbocycles. The molecule has 0 atom stereocenters. The van der Waals surface area contributed by atoms with E-state index in [0.717, 1.165) is 57.8 Å². The second-order valence-corrected chi connectivity index (χ2v) is 8.97. The first-order valence-corrected chi connectivity index (χ1v) is 12.1. The third-order valence-corrected chi connectivity index (χ3v) is 6.59. The molecule has 0 unspecified atom stereocenters. The first-order valence-electron chi connectivity index (χ1n) is 12.1. The van der Waals surface area contributed by atoms with E-state index in [-0.39, 0.29) is 51.3 Å². The van der Waals surface area contributed by atoms with E-state index in [9.17, 15) is 5.11 Å². The molecule has 0 amide bonds. The monoisotopic (exact) mass is 486 g/mol. The molecule has 0 aromatic rings. The molecule has 0 rings (SSSR count). The van der Waals surface area contributed by atoms with Crippen molar-refractivity contribution in [3.63, 3.8) is 0 Å². The summed E-state index contributed by atoms with van der Waals surface area (Å²) in [4.78, 5) is 20.9. The summed E-state index contributed by atoms with van der Waals surface area (Å²) in [5.41, 5.74) is -1.26. The molecule has 0 aliphatic carbocycles. The molecule has 0 aliphatic heterocycles. The molecule has 0 heterocycles. The zero-order chi connectivity index (χ0) is 24.7. The summed E-state index contributed by atoms with van der Waals surface area (Å²) < 4.78 is 0. The van der Waals surface area contributed by atoms with Gasteiger partial charge in [0.1, 0.15) is 0 Å². The van der Waals surface area contributed by atoms with Gasteiger partial charge in [0.15, 0.2) is 0 Å². The second kappa shape index (κ2) is 22.1. The average molecular weight is 487 g/mol. The Hall–Kier alpha value is -0.440. The van der Waals surface area contributed by atoms with Crippen molar-refractivity contribution in [2.75, 3.05) is 33.0 Å². The van der Waals surface area contributed by atoms with Gasteiger partial charge in [0, 0.05) is 12.8 Å². The second-order valence-electron chi connectivity index (χ2n) is 8.97. The van der Waals surface area contributed by atoms with E-state index in [1.165, 1.54) is 0 Å². The fourth-order valence-electron chi connectivity index (χ4n) is 4.40. The number of rotatable bonds is 26. The normalized spacial score (nSPS) is 12.5. The third-order valence-electron chi connectivity index (χ3n) is 6.59. The van der Waals surface area contributed by atoms with Crippen LogP contribution in [0.4, 0.5) is 0 Å². The van der Waals surface area contributed by atoms with Crippen LogP contribution in [0.1, 0.15) is 96.3 Å². The van der Waals surface area contributed by atoms with Gasteiger partial charge in [-0.1, -0.05) is 51.4 Å². The van der Waals surface area contributed by atoms with Crippen LogP contribution >= 0.6 is 0 Å². The maximum Gasteiger partial charge on any atom is 0.0847 e. The fourth-order valence-corrected chi connectivity index (χ4v) is 4.40. The van der Waals surface area contributed by atoms with Crippen molar-refractivity contribution in [3.8, 4) is 0 Å². The number of unbranched alkanes of at least 4 members (excludes halogenated alkanes) is 7. The molecule has 0 aromatic heterocycles. The lowest BCUT2D eigenvalue weighted by molar-refractivity contribution is -0.264. The van der Waals surface area contributed by atoms with E-state index in [2.05, 4.69) is 24.4 Å². The van der Waals surface area contributed by atoms with Gasteiger partial charge in [-0.2, -0.15) is 0 Å². The lowest BCUT2D eigenvalue weighted by Gasteiger charge is -2.33. The van der Waals surface area contributed by atoms with Crippen molar-refractivity contribution < 1.29 is 55.8 Å². The van der Waals surface area contributed by atoms with E-state index in [1.54, 1.807) is 0 Å². The summed E-state index contributed by atoms with van der Waals surface area (Å²) in [5, 5.41) is 53.7. The van der Waals surface area contributed by atoms with Crippen molar-refractivity contribution in [3.05, 3.63) is 0 Å². The van der Waals surface area contributed by atoms with E-state index >= 15 is 0 Å². The highest BCUT2D eigenvalue weighted by atomic mass is 17.1. The van der Waals surface area contributed by atoms with Crippen molar-refractivity contribution in [2.24, 2.45) is 5.41 Å². The standard InChI is InChI=1S/C22H46O11/c23-22(14-19-32-27,15-20-33-28)10-8-6-4-2-1-3-5-7-9-21(11-16-29-24,12-17-30-25)13-18-31-26/h23-28H,1-20H2. The quantitative estimate of drug-likeness (QED) is 0.0552. The Kier molecular flexibility index (Phi) is 21.8. The molecule has 0 saturated heterocycles. The van der Waals surface area contributed by atoms with Gasteiger partial charge in [0.25, 0.3) is 0 Å². The molecule has 0 bridgehead atoms. The van der Waals surface area contributed by atoms with Gasteiger partial charge in [-0.25, -0.2) is 24.4 Å². The van der Waals surface area contributed by atoms with Crippen molar-refractivity contribution in [2.45, 2.75) is 102 Å². The molecule has 200 valence electrons. The first kappa shape index (κ1) is 32.6. The Bertz CT molecular complexity index is 382. The maximum absolute atomic E-state index is 10.6. The van der Waals surface area contributed by atoms with Crippen LogP contribution in [0.15, 0.2) is 0 Å². The molecule has 6 N–H and O–H groups in total. The first-order chi connectivity index (χ1) is 16.0. The van der Waals surface area contributed by atoms with Crippen molar-refractivity contribution in [1.82, 2.24) is 0 Å². The minimum Gasteiger partial charge on any atom is -0.390 e. The van der Waals surface area contributed by atoms with Gasteiger partial charge in [-0.15, -0.1) is 0 Å². The van der Waals surface area contributed by atoms with Crippen LogP contribution in [-0.2, 0) is 24.4 Å². The number of hydrogen-bond acceptors (Lipinski definition) is 11. The van der Waals surface area contributed by atoms with Gasteiger partial charge in [0.05, 0.1) is 38.6 Å².